The predicted molar refractivity (Wildman–Crippen MR) is 102 cm³/mol. The molecule has 0 bridgehead atoms. The Morgan fingerprint density at radius 1 is 1.14 bits per heavy atom. The average molecular weight is 420 g/mol. The molecule has 0 aliphatic rings. The van der Waals surface area contributed by atoms with E-state index in [4.69, 9.17) is 11.6 Å². The predicted octanol–water partition coefficient (Wildman–Crippen LogP) is 3.09. The van der Waals surface area contributed by atoms with E-state index in [1.807, 2.05) is 6.07 Å². The second-order valence-electron chi connectivity index (χ2n) is 6.13. The Morgan fingerprint density at radius 3 is 2.62 bits per heavy atom. The van der Waals surface area contributed by atoms with Crippen molar-refractivity contribution in [3.8, 4) is 0 Å². The average Bonchev–Trinajstić information content (AvgIpc) is 3.04. The molecule has 1 heterocycles. The molecule has 0 saturated carbocycles. The molecule has 3 aromatic rings. The van der Waals surface area contributed by atoms with Crippen molar-refractivity contribution in [3.63, 3.8) is 0 Å². The zero-order valence-corrected chi connectivity index (χ0v) is 16.0. The van der Waals surface area contributed by atoms with Gasteiger partial charge in [-0.15, -0.1) is 5.10 Å². The maximum atomic E-state index is 13.3. The molecule has 0 radical (unpaired) electrons. The van der Waals surface area contributed by atoms with Crippen molar-refractivity contribution in [1.29, 1.82) is 0 Å². The Morgan fingerprint density at radius 2 is 1.90 bits per heavy atom. The molecule has 0 atom stereocenters. The van der Waals surface area contributed by atoms with Gasteiger partial charge in [-0.1, -0.05) is 35.0 Å². The van der Waals surface area contributed by atoms with Gasteiger partial charge in [0.2, 0.25) is 5.91 Å². The van der Waals surface area contributed by atoms with E-state index in [-0.39, 0.29) is 30.4 Å². The lowest BCUT2D eigenvalue weighted by Gasteiger charge is -2.08. The summed E-state index contributed by atoms with van der Waals surface area (Å²) in [6, 6.07) is 10.1. The normalized spacial score (nSPS) is 10.6. The lowest BCUT2D eigenvalue weighted by atomic mass is 10.2. The summed E-state index contributed by atoms with van der Waals surface area (Å²) >= 11 is 6.05. The van der Waals surface area contributed by atoms with E-state index in [0.29, 0.717) is 10.7 Å². The molecule has 29 heavy (non-hydrogen) atoms. The van der Waals surface area contributed by atoms with Gasteiger partial charge in [-0.3, -0.25) is 9.59 Å². The number of hydrogen-bond acceptors (Lipinski definition) is 4. The summed E-state index contributed by atoms with van der Waals surface area (Å²) in [6.07, 6.45) is 0. The third-order valence-electron chi connectivity index (χ3n) is 4.10. The quantitative estimate of drug-likeness (QED) is 0.642. The van der Waals surface area contributed by atoms with Crippen molar-refractivity contribution in [2.45, 2.75) is 20.0 Å². The number of amides is 2. The molecular weight excluding hydrogens is 404 g/mol. The Bertz CT molecular complexity index is 1070. The molecule has 2 aromatic carbocycles. The fourth-order valence-electron chi connectivity index (χ4n) is 2.51. The summed E-state index contributed by atoms with van der Waals surface area (Å²) in [6.45, 7) is 1.67. The molecule has 3 rings (SSSR count). The number of rotatable bonds is 6. The maximum absolute atomic E-state index is 13.3. The number of carbonyl (C=O) groups excluding carboxylic acids is 2. The van der Waals surface area contributed by atoms with Crippen LogP contribution < -0.4 is 10.6 Å². The fourth-order valence-corrected chi connectivity index (χ4v) is 2.71. The largest absolute Gasteiger partial charge is 0.350 e. The van der Waals surface area contributed by atoms with Crippen LogP contribution in [0.1, 0.15) is 21.7 Å². The number of carbonyl (C=O) groups is 2. The molecule has 0 aliphatic carbocycles. The van der Waals surface area contributed by atoms with E-state index in [1.54, 1.807) is 25.1 Å². The monoisotopic (exact) mass is 419 g/mol. The highest BCUT2D eigenvalue weighted by Gasteiger charge is 2.18. The standard InChI is InChI=1S/C19H16ClF2N5O2/c1-11-18(19(29)24-13-6-7-15(21)16(22)8-13)25-26-27(11)10-17(28)23-9-12-4-2-3-5-14(12)20/h2-8H,9-10H2,1H3,(H,23,28)(H,24,29). The summed E-state index contributed by atoms with van der Waals surface area (Å²) in [5.41, 5.74) is 1.15. The van der Waals surface area contributed by atoms with Crippen molar-refractivity contribution >= 4 is 29.1 Å². The Hall–Kier alpha value is -3.33. The van der Waals surface area contributed by atoms with Gasteiger partial charge in [-0.25, -0.2) is 13.5 Å². The van der Waals surface area contributed by atoms with Gasteiger partial charge in [0.05, 0.1) is 5.69 Å². The van der Waals surface area contributed by atoms with Gasteiger partial charge in [0.1, 0.15) is 6.54 Å². The lowest BCUT2D eigenvalue weighted by molar-refractivity contribution is -0.122. The van der Waals surface area contributed by atoms with E-state index in [0.717, 1.165) is 17.7 Å². The van der Waals surface area contributed by atoms with Gasteiger partial charge < -0.3 is 10.6 Å². The molecule has 0 unspecified atom stereocenters. The fraction of sp³-hybridized carbons (Fsp3) is 0.158. The molecule has 7 nitrogen and oxygen atoms in total. The summed E-state index contributed by atoms with van der Waals surface area (Å²) < 4.78 is 27.5. The molecule has 150 valence electrons. The molecule has 0 saturated heterocycles. The van der Waals surface area contributed by atoms with Crippen LogP contribution in [-0.4, -0.2) is 26.8 Å². The topological polar surface area (TPSA) is 88.9 Å². The Labute approximate surface area is 169 Å². The van der Waals surface area contributed by atoms with Crippen molar-refractivity contribution in [2.75, 3.05) is 5.32 Å². The summed E-state index contributed by atoms with van der Waals surface area (Å²) in [5, 5.41) is 13.2. The van der Waals surface area contributed by atoms with Crippen molar-refractivity contribution in [1.82, 2.24) is 20.3 Å². The third-order valence-corrected chi connectivity index (χ3v) is 4.47. The highest BCUT2D eigenvalue weighted by atomic mass is 35.5. The van der Waals surface area contributed by atoms with E-state index >= 15 is 0 Å². The van der Waals surface area contributed by atoms with Crippen LogP contribution in [0.4, 0.5) is 14.5 Å². The van der Waals surface area contributed by atoms with Crippen LogP contribution in [0.25, 0.3) is 0 Å². The first-order valence-corrected chi connectivity index (χ1v) is 8.89. The van der Waals surface area contributed by atoms with Gasteiger partial charge in [0, 0.05) is 23.3 Å². The highest BCUT2D eigenvalue weighted by molar-refractivity contribution is 6.31. The second-order valence-corrected chi connectivity index (χ2v) is 6.54. The number of aromatic nitrogens is 3. The molecule has 2 N–H and O–H groups in total. The number of hydrogen-bond donors (Lipinski definition) is 2. The van der Waals surface area contributed by atoms with Crippen LogP contribution in [0.15, 0.2) is 42.5 Å². The molecule has 0 spiro atoms. The molecule has 0 aliphatic heterocycles. The molecule has 2 amide bonds. The van der Waals surface area contributed by atoms with Crippen LogP contribution in [-0.2, 0) is 17.9 Å². The minimum atomic E-state index is -1.08. The second kappa shape index (κ2) is 8.78. The van der Waals surface area contributed by atoms with Crippen molar-refractivity contribution < 1.29 is 18.4 Å². The number of nitrogens with zero attached hydrogens (tertiary/aromatic N) is 3. The minimum absolute atomic E-state index is 0.0337. The van der Waals surface area contributed by atoms with Gasteiger partial charge in [0.15, 0.2) is 17.3 Å². The Balaban J connectivity index is 1.62. The first-order valence-electron chi connectivity index (χ1n) is 8.51. The van der Waals surface area contributed by atoms with Crippen LogP contribution in [0.2, 0.25) is 5.02 Å². The number of benzene rings is 2. The highest BCUT2D eigenvalue weighted by Crippen LogP contribution is 2.16. The summed E-state index contributed by atoms with van der Waals surface area (Å²) in [5.74, 6) is -3.10. The smallest absolute Gasteiger partial charge is 0.278 e. The van der Waals surface area contributed by atoms with E-state index in [1.165, 1.54) is 10.7 Å². The van der Waals surface area contributed by atoms with Gasteiger partial charge >= 0.3 is 0 Å². The van der Waals surface area contributed by atoms with E-state index in [2.05, 4.69) is 20.9 Å². The molecule has 1 aromatic heterocycles. The van der Waals surface area contributed by atoms with Crippen LogP contribution in [0.5, 0.6) is 0 Å². The SMILES string of the molecule is Cc1c(C(=O)Nc2ccc(F)c(F)c2)nnn1CC(=O)NCc1ccccc1Cl. The first kappa shape index (κ1) is 20.4. The number of nitrogens with one attached hydrogen (secondary N) is 2. The van der Waals surface area contributed by atoms with Gasteiger partial charge in [-0.05, 0) is 30.7 Å². The molecule has 10 heteroatoms. The third kappa shape index (κ3) is 4.94. The Kier molecular flexibility index (Phi) is 6.18. The first-order chi connectivity index (χ1) is 13.8. The lowest BCUT2D eigenvalue weighted by Crippen LogP contribution is -2.28. The van der Waals surface area contributed by atoms with Gasteiger partial charge in [-0.2, -0.15) is 0 Å². The van der Waals surface area contributed by atoms with Crippen LogP contribution in [0.3, 0.4) is 0 Å². The van der Waals surface area contributed by atoms with E-state index < -0.39 is 17.5 Å². The number of halogens is 3. The van der Waals surface area contributed by atoms with Crippen molar-refractivity contribution in [2.24, 2.45) is 0 Å². The maximum Gasteiger partial charge on any atom is 0.278 e. The summed E-state index contributed by atoms with van der Waals surface area (Å²) in [7, 11) is 0. The number of anilines is 1. The van der Waals surface area contributed by atoms with Gasteiger partial charge in [0.25, 0.3) is 5.91 Å². The summed E-state index contributed by atoms with van der Waals surface area (Å²) in [4.78, 5) is 24.5. The molecular formula is C19H16ClF2N5O2. The molecule has 0 fully saturated rings. The van der Waals surface area contributed by atoms with Crippen LogP contribution >= 0.6 is 11.6 Å². The minimum Gasteiger partial charge on any atom is -0.350 e. The van der Waals surface area contributed by atoms with E-state index in [9.17, 15) is 18.4 Å². The zero-order valence-electron chi connectivity index (χ0n) is 15.2. The van der Waals surface area contributed by atoms with Crippen molar-refractivity contribution in [3.05, 3.63) is 76.1 Å². The van der Waals surface area contributed by atoms with Crippen LogP contribution in [0, 0.1) is 18.6 Å². The zero-order chi connectivity index (χ0) is 21.0.